The molecule has 3 aromatic rings. The van der Waals surface area contributed by atoms with Gasteiger partial charge in [0, 0.05) is 42.2 Å². The maximum Gasteiger partial charge on any atom is 0.306 e. The molecule has 1 fully saturated rings. The van der Waals surface area contributed by atoms with E-state index in [2.05, 4.69) is 30.6 Å². The summed E-state index contributed by atoms with van der Waals surface area (Å²) in [6.45, 7) is 6.19. The first-order valence-corrected chi connectivity index (χ1v) is 12.7. The van der Waals surface area contributed by atoms with E-state index in [0.29, 0.717) is 44.5 Å². The number of nitrogens with zero attached hydrogens (tertiary/aromatic N) is 4. The first-order chi connectivity index (χ1) is 17.3. The van der Waals surface area contributed by atoms with Gasteiger partial charge in [-0.1, -0.05) is 26.0 Å². The van der Waals surface area contributed by atoms with Crippen LogP contribution in [0.5, 0.6) is 0 Å². The van der Waals surface area contributed by atoms with Crippen LogP contribution < -0.4 is 0 Å². The summed E-state index contributed by atoms with van der Waals surface area (Å²) >= 11 is 0. The van der Waals surface area contributed by atoms with Gasteiger partial charge in [-0.15, -0.1) is 0 Å². The van der Waals surface area contributed by atoms with Gasteiger partial charge in [-0.2, -0.15) is 5.26 Å². The number of benzene rings is 1. The number of amides is 1. The molecule has 1 aromatic carbocycles. The number of carboxylic acids is 1. The van der Waals surface area contributed by atoms with Gasteiger partial charge in [0.2, 0.25) is 5.91 Å². The average Bonchev–Trinajstić information content (AvgIpc) is 3.18. The number of carbonyl (C=O) groups excluding carboxylic acids is 1. The van der Waals surface area contributed by atoms with E-state index in [1.807, 2.05) is 41.4 Å². The summed E-state index contributed by atoms with van der Waals surface area (Å²) in [6, 6.07) is 13.9. The fraction of sp³-hybridized carbons (Fsp3) is 0.448. The van der Waals surface area contributed by atoms with Crippen molar-refractivity contribution >= 4 is 22.9 Å². The lowest BCUT2D eigenvalue weighted by Crippen LogP contribution is -2.46. The van der Waals surface area contributed by atoms with Crippen LogP contribution in [0.4, 0.5) is 0 Å². The summed E-state index contributed by atoms with van der Waals surface area (Å²) in [6.07, 6.45) is 5.21. The molecule has 186 valence electrons. The van der Waals surface area contributed by atoms with Crippen molar-refractivity contribution in [1.82, 2.24) is 14.5 Å². The van der Waals surface area contributed by atoms with Gasteiger partial charge in [0.05, 0.1) is 24.1 Å². The minimum Gasteiger partial charge on any atom is -0.481 e. The van der Waals surface area contributed by atoms with E-state index < -0.39 is 5.97 Å². The highest BCUT2D eigenvalue weighted by atomic mass is 16.4. The Bertz CT molecular complexity index is 1340. The lowest BCUT2D eigenvalue weighted by molar-refractivity contribution is -0.143. The third-order valence-electron chi connectivity index (χ3n) is 7.97. The van der Waals surface area contributed by atoms with Crippen molar-refractivity contribution in [1.29, 1.82) is 5.26 Å². The molecule has 5 rings (SSSR count). The molecule has 3 heterocycles. The van der Waals surface area contributed by atoms with Crippen LogP contribution in [0.2, 0.25) is 0 Å². The summed E-state index contributed by atoms with van der Waals surface area (Å²) in [7, 11) is 0. The molecule has 0 radical (unpaired) electrons. The molecular formula is C29H32N4O3. The fourth-order valence-electron chi connectivity index (χ4n) is 6.14. The maximum atomic E-state index is 13.5. The summed E-state index contributed by atoms with van der Waals surface area (Å²) in [4.78, 5) is 31.5. The standard InChI is InChI=1S/C29H32N4O3/c1-29(2)18-32(25(34)14-19-9-11-22(12-10-19)28(35)36)17-24-26(29)23-4-3-13-31-27(23)33(24)16-21-7-5-20(15-30)6-8-21/h3-8,13,19,22H,9-12,14,16-18H2,1-2H3,(H,35,36)/t19-,22-. The Morgan fingerprint density at radius 3 is 2.53 bits per heavy atom. The van der Waals surface area contributed by atoms with Crippen LogP contribution in [-0.4, -0.2) is 38.0 Å². The number of nitriles is 1. The lowest BCUT2D eigenvalue weighted by atomic mass is 9.78. The van der Waals surface area contributed by atoms with E-state index in [0.717, 1.165) is 35.1 Å². The van der Waals surface area contributed by atoms with Crippen LogP contribution in [0, 0.1) is 23.2 Å². The highest BCUT2D eigenvalue weighted by Crippen LogP contribution is 2.41. The van der Waals surface area contributed by atoms with Crippen molar-refractivity contribution in [2.45, 2.75) is 64.5 Å². The Balaban J connectivity index is 1.43. The van der Waals surface area contributed by atoms with E-state index in [-0.39, 0.29) is 23.2 Å². The van der Waals surface area contributed by atoms with Gasteiger partial charge in [0.25, 0.3) is 0 Å². The van der Waals surface area contributed by atoms with Crippen molar-refractivity contribution in [3.05, 3.63) is 65.0 Å². The van der Waals surface area contributed by atoms with E-state index in [9.17, 15) is 14.7 Å². The third-order valence-corrected chi connectivity index (χ3v) is 7.97. The van der Waals surface area contributed by atoms with E-state index in [1.165, 1.54) is 5.56 Å². The second kappa shape index (κ2) is 9.42. The Morgan fingerprint density at radius 1 is 1.14 bits per heavy atom. The van der Waals surface area contributed by atoms with Gasteiger partial charge in [-0.05, 0) is 67.0 Å². The number of aromatic nitrogens is 2. The lowest BCUT2D eigenvalue weighted by Gasteiger charge is -2.40. The molecule has 1 aliphatic heterocycles. The zero-order chi connectivity index (χ0) is 25.4. The van der Waals surface area contributed by atoms with E-state index in [1.54, 1.807) is 0 Å². The molecule has 0 spiro atoms. The maximum absolute atomic E-state index is 13.5. The molecule has 0 bridgehead atoms. The van der Waals surface area contributed by atoms with Crippen LogP contribution in [-0.2, 0) is 28.1 Å². The number of carbonyl (C=O) groups is 2. The van der Waals surface area contributed by atoms with Crippen molar-refractivity contribution in [3.63, 3.8) is 0 Å². The first-order valence-electron chi connectivity index (χ1n) is 12.7. The molecule has 2 aromatic heterocycles. The van der Waals surface area contributed by atoms with Gasteiger partial charge in [0.15, 0.2) is 0 Å². The quantitative estimate of drug-likeness (QED) is 0.558. The van der Waals surface area contributed by atoms with Gasteiger partial charge < -0.3 is 14.6 Å². The third kappa shape index (κ3) is 4.48. The van der Waals surface area contributed by atoms with Gasteiger partial charge in [-0.25, -0.2) is 4.98 Å². The molecule has 0 saturated heterocycles. The van der Waals surface area contributed by atoms with E-state index in [4.69, 9.17) is 10.2 Å². The fourth-order valence-corrected chi connectivity index (χ4v) is 6.14. The molecule has 1 N–H and O–H groups in total. The molecular weight excluding hydrogens is 452 g/mol. The monoisotopic (exact) mass is 484 g/mol. The molecule has 1 saturated carbocycles. The first kappa shape index (κ1) is 24.1. The zero-order valence-electron chi connectivity index (χ0n) is 20.9. The smallest absolute Gasteiger partial charge is 0.306 e. The van der Waals surface area contributed by atoms with Crippen molar-refractivity contribution in [3.8, 4) is 6.07 Å². The number of pyridine rings is 1. The van der Waals surface area contributed by atoms with Crippen molar-refractivity contribution in [2.24, 2.45) is 11.8 Å². The van der Waals surface area contributed by atoms with Crippen molar-refractivity contribution < 1.29 is 14.7 Å². The summed E-state index contributed by atoms with van der Waals surface area (Å²) in [5.41, 5.74) is 4.77. The Hall–Kier alpha value is -3.66. The number of fused-ring (bicyclic) bond motifs is 3. The summed E-state index contributed by atoms with van der Waals surface area (Å²) < 4.78 is 2.23. The molecule has 7 nitrogen and oxygen atoms in total. The molecule has 1 amide bonds. The van der Waals surface area contributed by atoms with Crippen LogP contribution in [0.25, 0.3) is 11.0 Å². The SMILES string of the molecule is CC1(C)CN(C(=O)C[C@H]2CC[C@H](C(=O)O)CC2)Cc2c1c1cccnc1n2Cc1ccc(C#N)cc1. The second-order valence-electron chi connectivity index (χ2n) is 11.0. The predicted octanol–water partition coefficient (Wildman–Crippen LogP) is 4.86. The highest BCUT2D eigenvalue weighted by molar-refractivity contribution is 5.85. The number of hydrogen-bond donors (Lipinski definition) is 1. The molecule has 0 unspecified atom stereocenters. The summed E-state index contributed by atoms with van der Waals surface area (Å²) in [5, 5.41) is 19.6. The molecule has 7 heteroatoms. The topological polar surface area (TPSA) is 99.2 Å². The van der Waals surface area contributed by atoms with Crippen LogP contribution in [0.3, 0.4) is 0 Å². The van der Waals surface area contributed by atoms with Crippen molar-refractivity contribution in [2.75, 3.05) is 6.54 Å². The van der Waals surface area contributed by atoms with Gasteiger partial charge in [0.1, 0.15) is 5.65 Å². The molecule has 2 aliphatic rings. The number of hydrogen-bond acceptors (Lipinski definition) is 4. The number of carboxylic acid groups (broad SMARTS) is 1. The minimum atomic E-state index is -0.714. The predicted molar refractivity (Wildman–Crippen MR) is 136 cm³/mol. The van der Waals surface area contributed by atoms with E-state index >= 15 is 0 Å². The molecule has 1 aliphatic carbocycles. The second-order valence-corrected chi connectivity index (χ2v) is 11.0. The average molecular weight is 485 g/mol. The molecule has 36 heavy (non-hydrogen) atoms. The normalized spacial score (nSPS) is 21.1. The van der Waals surface area contributed by atoms with Crippen LogP contribution in [0.15, 0.2) is 42.6 Å². The van der Waals surface area contributed by atoms with Gasteiger partial charge >= 0.3 is 5.97 Å². The van der Waals surface area contributed by atoms with Gasteiger partial charge in [-0.3, -0.25) is 9.59 Å². The molecule has 0 atom stereocenters. The summed E-state index contributed by atoms with van der Waals surface area (Å²) in [5.74, 6) is -0.577. The number of aliphatic carboxylic acids is 1. The van der Waals surface area contributed by atoms with Crippen LogP contribution in [0.1, 0.15) is 68.3 Å². The Kier molecular flexibility index (Phi) is 6.29. The van der Waals surface area contributed by atoms with Crippen LogP contribution >= 0.6 is 0 Å². The largest absolute Gasteiger partial charge is 0.481 e. The zero-order valence-corrected chi connectivity index (χ0v) is 20.9. The minimum absolute atomic E-state index is 0.149. The Morgan fingerprint density at radius 2 is 1.86 bits per heavy atom. The Labute approximate surface area is 211 Å². The number of rotatable bonds is 5. The highest BCUT2D eigenvalue weighted by Gasteiger charge is 2.39.